The second kappa shape index (κ2) is 6.78. The van der Waals surface area contributed by atoms with Gasteiger partial charge >= 0.3 is 5.97 Å². The molecule has 0 saturated carbocycles. The van der Waals surface area contributed by atoms with Crippen LogP contribution in [-0.4, -0.2) is 24.5 Å². The van der Waals surface area contributed by atoms with Crippen LogP contribution in [0.15, 0.2) is 18.2 Å². The average molecular weight is 264 g/mol. The van der Waals surface area contributed by atoms with Gasteiger partial charge in [0.2, 0.25) is 0 Å². The third-order valence-corrected chi connectivity index (χ3v) is 2.84. The zero-order valence-corrected chi connectivity index (χ0v) is 11.5. The summed E-state index contributed by atoms with van der Waals surface area (Å²) in [5.41, 5.74) is 7.26. The highest BCUT2D eigenvalue weighted by atomic mass is 16.5. The molecule has 5 heteroatoms. The van der Waals surface area contributed by atoms with Crippen molar-refractivity contribution in [2.75, 3.05) is 12.3 Å². The zero-order valence-electron chi connectivity index (χ0n) is 11.5. The van der Waals surface area contributed by atoms with Crippen LogP contribution in [0.3, 0.4) is 0 Å². The monoisotopic (exact) mass is 264 g/mol. The van der Waals surface area contributed by atoms with Crippen molar-refractivity contribution in [3.05, 3.63) is 29.3 Å². The van der Waals surface area contributed by atoms with Crippen LogP contribution in [0.5, 0.6) is 0 Å². The van der Waals surface area contributed by atoms with Gasteiger partial charge in [0.15, 0.2) is 6.61 Å². The number of esters is 1. The summed E-state index contributed by atoms with van der Waals surface area (Å²) in [7, 11) is 0. The van der Waals surface area contributed by atoms with E-state index in [2.05, 4.69) is 5.32 Å². The van der Waals surface area contributed by atoms with Crippen molar-refractivity contribution in [3.63, 3.8) is 0 Å². The molecule has 1 atom stereocenters. The third-order valence-electron chi connectivity index (χ3n) is 2.84. The van der Waals surface area contributed by atoms with Crippen LogP contribution in [0.2, 0.25) is 0 Å². The van der Waals surface area contributed by atoms with Gasteiger partial charge in [-0.3, -0.25) is 4.79 Å². The maximum Gasteiger partial charge on any atom is 0.338 e. The van der Waals surface area contributed by atoms with E-state index in [-0.39, 0.29) is 18.6 Å². The van der Waals surface area contributed by atoms with Crippen molar-refractivity contribution in [3.8, 4) is 0 Å². The highest BCUT2D eigenvalue weighted by molar-refractivity contribution is 5.93. The first-order chi connectivity index (χ1) is 8.93. The molecule has 0 spiro atoms. The maximum absolute atomic E-state index is 11.8. The molecule has 0 aliphatic heterocycles. The number of hydrogen-bond donors (Lipinski definition) is 2. The molecule has 1 amide bonds. The minimum atomic E-state index is -0.538. The van der Waals surface area contributed by atoms with Gasteiger partial charge in [0.1, 0.15) is 0 Å². The molecule has 1 rings (SSSR count). The molecule has 1 aromatic carbocycles. The highest BCUT2D eigenvalue weighted by Crippen LogP contribution is 2.13. The first kappa shape index (κ1) is 15.0. The van der Waals surface area contributed by atoms with E-state index in [0.717, 1.165) is 12.0 Å². The Bertz CT molecular complexity index is 472. The minimum Gasteiger partial charge on any atom is -0.452 e. The van der Waals surface area contributed by atoms with Gasteiger partial charge in [-0.1, -0.05) is 13.0 Å². The molecule has 104 valence electrons. The lowest BCUT2D eigenvalue weighted by atomic mass is 10.1. The lowest BCUT2D eigenvalue weighted by Gasteiger charge is -2.12. The van der Waals surface area contributed by atoms with Crippen molar-refractivity contribution < 1.29 is 14.3 Å². The van der Waals surface area contributed by atoms with Crippen LogP contribution >= 0.6 is 0 Å². The van der Waals surface area contributed by atoms with Crippen molar-refractivity contribution in [1.29, 1.82) is 0 Å². The number of benzene rings is 1. The Morgan fingerprint density at radius 3 is 2.74 bits per heavy atom. The standard InChI is InChI=1S/C14H20N2O3/c1-4-10(3)16-13(17)8-19-14(18)12-7-11(15)6-5-9(12)2/h5-7,10H,4,8,15H2,1-3H3,(H,16,17). The number of nitrogens with one attached hydrogen (secondary N) is 1. The fraction of sp³-hybridized carbons (Fsp3) is 0.429. The van der Waals surface area contributed by atoms with Crippen molar-refractivity contribution in [2.45, 2.75) is 33.2 Å². The molecule has 5 nitrogen and oxygen atoms in total. The number of carbonyl (C=O) groups excluding carboxylic acids is 2. The summed E-state index contributed by atoms with van der Waals surface area (Å²) >= 11 is 0. The van der Waals surface area contributed by atoms with Crippen molar-refractivity contribution in [1.82, 2.24) is 5.32 Å². The first-order valence-electron chi connectivity index (χ1n) is 6.26. The average Bonchev–Trinajstić information content (AvgIpc) is 2.38. The van der Waals surface area contributed by atoms with E-state index < -0.39 is 5.97 Å². The molecule has 0 fully saturated rings. The summed E-state index contributed by atoms with van der Waals surface area (Å²) in [6.45, 7) is 5.36. The maximum atomic E-state index is 11.8. The molecule has 0 saturated heterocycles. The topological polar surface area (TPSA) is 81.4 Å². The third kappa shape index (κ3) is 4.62. The van der Waals surface area contributed by atoms with E-state index in [0.29, 0.717) is 11.3 Å². The van der Waals surface area contributed by atoms with Gasteiger partial charge in [0, 0.05) is 11.7 Å². The second-order valence-electron chi connectivity index (χ2n) is 4.53. The Labute approximate surface area is 113 Å². The molecule has 19 heavy (non-hydrogen) atoms. The van der Waals surface area contributed by atoms with E-state index in [4.69, 9.17) is 10.5 Å². The normalized spacial score (nSPS) is 11.7. The van der Waals surface area contributed by atoms with Gasteiger partial charge in [0.05, 0.1) is 5.56 Å². The number of rotatable bonds is 5. The smallest absolute Gasteiger partial charge is 0.338 e. The Morgan fingerprint density at radius 1 is 1.42 bits per heavy atom. The fourth-order valence-corrected chi connectivity index (χ4v) is 1.49. The molecule has 0 aliphatic rings. The number of aryl methyl sites for hydroxylation is 1. The second-order valence-corrected chi connectivity index (χ2v) is 4.53. The van der Waals surface area contributed by atoms with Gasteiger partial charge in [-0.25, -0.2) is 4.79 Å². The van der Waals surface area contributed by atoms with E-state index in [1.807, 2.05) is 13.8 Å². The van der Waals surface area contributed by atoms with Crippen LogP contribution in [0.1, 0.15) is 36.2 Å². The molecule has 3 N–H and O–H groups in total. The zero-order chi connectivity index (χ0) is 14.4. The van der Waals surface area contributed by atoms with Crippen molar-refractivity contribution >= 4 is 17.6 Å². The molecular weight excluding hydrogens is 244 g/mol. The highest BCUT2D eigenvalue weighted by Gasteiger charge is 2.13. The van der Waals surface area contributed by atoms with E-state index in [1.165, 1.54) is 0 Å². The van der Waals surface area contributed by atoms with Crippen LogP contribution < -0.4 is 11.1 Å². The predicted octanol–water partition coefficient (Wildman–Crippen LogP) is 1.65. The molecule has 0 aromatic heterocycles. The molecular formula is C14H20N2O3. The van der Waals surface area contributed by atoms with E-state index >= 15 is 0 Å². The van der Waals surface area contributed by atoms with Crippen LogP contribution in [0.25, 0.3) is 0 Å². The Balaban J connectivity index is 2.56. The van der Waals surface area contributed by atoms with Gasteiger partial charge in [0.25, 0.3) is 5.91 Å². The van der Waals surface area contributed by atoms with E-state index in [9.17, 15) is 9.59 Å². The number of nitrogens with two attached hydrogens (primary N) is 1. The van der Waals surface area contributed by atoms with Crippen LogP contribution in [0, 0.1) is 6.92 Å². The molecule has 0 heterocycles. The number of ether oxygens (including phenoxy) is 1. The summed E-state index contributed by atoms with van der Waals surface area (Å²) < 4.78 is 4.96. The SMILES string of the molecule is CCC(C)NC(=O)COC(=O)c1cc(N)ccc1C. The first-order valence-corrected chi connectivity index (χ1v) is 6.26. The molecule has 0 radical (unpaired) electrons. The summed E-state index contributed by atoms with van der Waals surface area (Å²) in [5, 5.41) is 2.72. The number of hydrogen-bond acceptors (Lipinski definition) is 4. The van der Waals surface area contributed by atoms with Crippen LogP contribution in [0.4, 0.5) is 5.69 Å². The molecule has 0 aliphatic carbocycles. The fourth-order valence-electron chi connectivity index (χ4n) is 1.49. The van der Waals surface area contributed by atoms with E-state index in [1.54, 1.807) is 25.1 Å². The molecule has 1 aromatic rings. The lowest BCUT2D eigenvalue weighted by Crippen LogP contribution is -2.35. The van der Waals surface area contributed by atoms with Gasteiger partial charge in [-0.15, -0.1) is 0 Å². The number of anilines is 1. The number of amides is 1. The number of nitrogen functional groups attached to an aromatic ring is 1. The minimum absolute atomic E-state index is 0.0697. The summed E-state index contributed by atoms with van der Waals surface area (Å²) in [5.74, 6) is -0.839. The molecule has 0 bridgehead atoms. The number of carbonyl (C=O) groups is 2. The van der Waals surface area contributed by atoms with Gasteiger partial charge < -0.3 is 15.8 Å². The summed E-state index contributed by atoms with van der Waals surface area (Å²) in [6.07, 6.45) is 0.827. The van der Waals surface area contributed by atoms with Gasteiger partial charge in [-0.05, 0) is 38.0 Å². The van der Waals surface area contributed by atoms with Crippen molar-refractivity contribution in [2.24, 2.45) is 0 Å². The Kier molecular flexibility index (Phi) is 5.36. The van der Waals surface area contributed by atoms with Gasteiger partial charge in [-0.2, -0.15) is 0 Å². The summed E-state index contributed by atoms with van der Waals surface area (Å²) in [6, 6.07) is 5.07. The largest absolute Gasteiger partial charge is 0.452 e. The summed E-state index contributed by atoms with van der Waals surface area (Å²) in [4.78, 5) is 23.3. The lowest BCUT2D eigenvalue weighted by molar-refractivity contribution is -0.124. The molecule has 1 unspecified atom stereocenters. The Hall–Kier alpha value is -2.04. The predicted molar refractivity (Wildman–Crippen MR) is 73.8 cm³/mol. The Morgan fingerprint density at radius 2 is 2.11 bits per heavy atom. The quantitative estimate of drug-likeness (QED) is 0.626. The van der Waals surface area contributed by atoms with Crippen LogP contribution in [-0.2, 0) is 9.53 Å².